The van der Waals surface area contributed by atoms with Gasteiger partial charge in [0.1, 0.15) is 12.4 Å². The molecule has 0 bridgehead atoms. The first kappa shape index (κ1) is 14.6. The maximum Gasteiger partial charge on any atom is 0.119 e. The van der Waals surface area contributed by atoms with Crippen LogP contribution in [-0.4, -0.2) is 6.04 Å². The minimum atomic E-state index is 0.191. The summed E-state index contributed by atoms with van der Waals surface area (Å²) in [6.07, 6.45) is 0.900. The summed E-state index contributed by atoms with van der Waals surface area (Å²) in [5, 5.41) is 0. The molecule has 2 aromatic rings. The fourth-order valence-electron chi connectivity index (χ4n) is 2.21. The molecular weight excluding hydrogens is 246 g/mol. The minimum Gasteiger partial charge on any atom is -0.489 e. The van der Waals surface area contributed by atoms with Crippen molar-refractivity contribution in [2.45, 2.75) is 39.8 Å². The van der Waals surface area contributed by atoms with Crippen LogP contribution in [0.25, 0.3) is 0 Å². The topological polar surface area (TPSA) is 35.2 Å². The first-order chi connectivity index (χ1) is 9.54. The summed E-state index contributed by atoms with van der Waals surface area (Å²) >= 11 is 0. The van der Waals surface area contributed by atoms with Crippen molar-refractivity contribution >= 4 is 0 Å². The van der Waals surface area contributed by atoms with E-state index >= 15 is 0 Å². The lowest BCUT2D eigenvalue weighted by molar-refractivity contribution is 0.305. The fourth-order valence-corrected chi connectivity index (χ4v) is 2.21. The van der Waals surface area contributed by atoms with Crippen LogP contribution in [0, 0.1) is 13.8 Å². The van der Waals surface area contributed by atoms with Gasteiger partial charge in [-0.1, -0.05) is 35.9 Å². The Morgan fingerprint density at radius 2 is 1.75 bits per heavy atom. The normalized spacial score (nSPS) is 12.2. The van der Waals surface area contributed by atoms with E-state index in [0.29, 0.717) is 6.61 Å². The Bertz CT molecular complexity index is 558. The lowest BCUT2D eigenvalue weighted by atomic mass is 10.1. The molecule has 0 saturated heterocycles. The molecule has 1 unspecified atom stereocenters. The van der Waals surface area contributed by atoms with Crippen LogP contribution < -0.4 is 10.5 Å². The van der Waals surface area contributed by atoms with Crippen molar-refractivity contribution < 1.29 is 4.74 Å². The maximum atomic E-state index is 5.86. The van der Waals surface area contributed by atoms with Crippen molar-refractivity contribution in [1.29, 1.82) is 0 Å². The zero-order valence-electron chi connectivity index (χ0n) is 12.5. The van der Waals surface area contributed by atoms with Crippen LogP contribution in [0.3, 0.4) is 0 Å². The highest BCUT2D eigenvalue weighted by molar-refractivity contribution is 5.32. The SMILES string of the molecule is Cc1ccc(C)c(COc2ccc(CC(C)N)cc2)c1. The standard InChI is InChI=1S/C18H23NO/c1-13-4-5-14(2)17(10-13)12-20-18-8-6-16(7-9-18)11-15(3)19/h4-10,15H,11-12,19H2,1-3H3. The molecule has 0 saturated carbocycles. The average Bonchev–Trinajstić information content (AvgIpc) is 2.41. The van der Waals surface area contributed by atoms with Gasteiger partial charge in [0.2, 0.25) is 0 Å². The largest absolute Gasteiger partial charge is 0.489 e. The third-order valence-corrected chi connectivity index (χ3v) is 3.38. The van der Waals surface area contributed by atoms with Gasteiger partial charge >= 0.3 is 0 Å². The van der Waals surface area contributed by atoms with Gasteiger partial charge in [0.15, 0.2) is 0 Å². The Balaban J connectivity index is 1.98. The first-order valence-corrected chi connectivity index (χ1v) is 7.08. The summed E-state index contributed by atoms with van der Waals surface area (Å²) in [5.41, 5.74) is 10.8. The third-order valence-electron chi connectivity index (χ3n) is 3.38. The predicted octanol–water partition coefficient (Wildman–Crippen LogP) is 3.77. The van der Waals surface area contributed by atoms with E-state index in [1.807, 2.05) is 19.1 Å². The van der Waals surface area contributed by atoms with Gasteiger partial charge in [-0.05, 0) is 56.0 Å². The smallest absolute Gasteiger partial charge is 0.119 e. The van der Waals surface area contributed by atoms with E-state index in [9.17, 15) is 0 Å². The number of nitrogens with two attached hydrogens (primary N) is 1. The van der Waals surface area contributed by atoms with Gasteiger partial charge in [0.05, 0.1) is 0 Å². The van der Waals surface area contributed by atoms with E-state index in [1.165, 1.54) is 22.3 Å². The van der Waals surface area contributed by atoms with Crippen LogP contribution >= 0.6 is 0 Å². The summed E-state index contributed by atoms with van der Waals surface area (Å²) in [7, 11) is 0. The molecule has 20 heavy (non-hydrogen) atoms. The van der Waals surface area contributed by atoms with Crippen LogP contribution in [-0.2, 0) is 13.0 Å². The maximum absolute atomic E-state index is 5.86. The first-order valence-electron chi connectivity index (χ1n) is 7.08. The molecule has 0 aliphatic heterocycles. The molecule has 2 rings (SSSR count). The van der Waals surface area contributed by atoms with Gasteiger partial charge in [0, 0.05) is 6.04 Å². The lowest BCUT2D eigenvalue weighted by Crippen LogP contribution is -2.17. The van der Waals surface area contributed by atoms with Crippen molar-refractivity contribution in [2.75, 3.05) is 0 Å². The van der Waals surface area contributed by atoms with E-state index < -0.39 is 0 Å². The molecule has 2 aromatic carbocycles. The summed E-state index contributed by atoms with van der Waals surface area (Å²) in [6, 6.07) is 14.8. The Morgan fingerprint density at radius 3 is 2.40 bits per heavy atom. The lowest BCUT2D eigenvalue weighted by Gasteiger charge is -2.11. The summed E-state index contributed by atoms with van der Waals surface area (Å²) < 4.78 is 5.86. The van der Waals surface area contributed by atoms with Crippen LogP contribution in [0.15, 0.2) is 42.5 Å². The Morgan fingerprint density at radius 1 is 1.05 bits per heavy atom. The fraction of sp³-hybridized carbons (Fsp3) is 0.333. The predicted molar refractivity (Wildman–Crippen MR) is 84.0 cm³/mol. The average molecular weight is 269 g/mol. The van der Waals surface area contributed by atoms with Crippen LogP contribution in [0.4, 0.5) is 0 Å². The zero-order valence-corrected chi connectivity index (χ0v) is 12.5. The molecule has 0 spiro atoms. The molecule has 0 aliphatic carbocycles. The van der Waals surface area contributed by atoms with Crippen molar-refractivity contribution in [1.82, 2.24) is 0 Å². The molecule has 1 atom stereocenters. The summed E-state index contributed by atoms with van der Waals surface area (Å²) in [5.74, 6) is 0.902. The minimum absolute atomic E-state index is 0.191. The molecule has 0 aromatic heterocycles. The number of hydrogen-bond acceptors (Lipinski definition) is 2. The molecule has 2 heteroatoms. The molecule has 0 radical (unpaired) electrons. The second kappa shape index (κ2) is 6.58. The highest BCUT2D eigenvalue weighted by atomic mass is 16.5. The molecule has 0 amide bonds. The summed E-state index contributed by atoms with van der Waals surface area (Å²) in [4.78, 5) is 0. The molecular formula is C18H23NO. The van der Waals surface area contributed by atoms with Crippen LogP contribution in [0.5, 0.6) is 5.75 Å². The second-order valence-corrected chi connectivity index (χ2v) is 5.54. The van der Waals surface area contributed by atoms with E-state index in [1.54, 1.807) is 0 Å². The zero-order chi connectivity index (χ0) is 14.5. The Kier molecular flexibility index (Phi) is 4.80. The van der Waals surface area contributed by atoms with E-state index in [0.717, 1.165) is 12.2 Å². The monoisotopic (exact) mass is 269 g/mol. The Hall–Kier alpha value is -1.80. The number of ether oxygens (including phenoxy) is 1. The van der Waals surface area contributed by atoms with Crippen LogP contribution in [0.1, 0.15) is 29.2 Å². The molecule has 2 N–H and O–H groups in total. The van der Waals surface area contributed by atoms with Gasteiger partial charge in [-0.25, -0.2) is 0 Å². The van der Waals surface area contributed by atoms with Gasteiger partial charge < -0.3 is 10.5 Å². The molecule has 2 nitrogen and oxygen atoms in total. The van der Waals surface area contributed by atoms with Gasteiger partial charge in [-0.15, -0.1) is 0 Å². The molecule has 0 fully saturated rings. The van der Waals surface area contributed by atoms with E-state index in [2.05, 4.69) is 44.2 Å². The second-order valence-electron chi connectivity index (χ2n) is 5.54. The van der Waals surface area contributed by atoms with Crippen molar-refractivity contribution in [2.24, 2.45) is 5.73 Å². The third kappa shape index (κ3) is 4.10. The quantitative estimate of drug-likeness (QED) is 0.896. The number of hydrogen-bond donors (Lipinski definition) is 1. The van der Waals surface area contributed by atoms with E-state index in [-0.39, 0.29) is 6.04 Å². The molecule has 106 valence electrons. The Labute approximate surface area is 121 Å². The number of rotatable bonds is 5. The number of benzene rings is 2. The highest BCUT2D eigenvalue weighted by Crippen LogP contribution is 2.17. The van der Waals surface area contributed by atoms with Gasteiger partial charge in [0.25, 0.3) is 0 Å². The molecule has 0 heterocycles. The van der Waals surface area contributed by atoms with Crippen molar-refractivity contribution in [3.63, 3.8) is 0 Å². The van der Waals surface area contributed by atoms with Crippen molar-refractivity contribution in [3.05, 3.63) is 64.7 Å². The van der Waals surface area contributed by atoms with Crippen LogP contribution in [0.2, 0.25) is 0 Å². The van der Waals surface area contributed by atoms with Gasteiger partial charge in [-0.2, -0.15) is 0 Å². The van der Waals surface area contributed by atoms with Crippen molar-refractivity contribution in [3.8, 4) is 5.75 Å². The molecule has 0 aliphatic rings. The van der Waals surface area contributed by atoms with E-state index in [4.69, 9.17) is 10.5 Å². The summed E-state index contributed by atoms with van der Waals surface area (Å²) in [6.45, 7) is 6.85. The highest BCUT2D eigenvalue weighted by Gasteiger charge is 2.02. The number of aryl methyl sites for hydroxylation is 2. The van der Waals surface area contributed by atoms with Gasteiger partial charge in [-0.3, -0.25) is 0 Å².